The molecule has 0 unspecified atom stereocenters. The van der Waals surface area contributed by atoms with Gasteiger partial charge in [-0.2, -0.15) is 0 Å². The Hall–Kier alpha value is -5.86. The van der Waals surface area contributed by atoms with Gasteiger partial charge in [0, 0.05) is 43.6 Å². The minimum Gasteiger partial charge on any atom is -0.455 e. The van der Waals surface area contributed by atoms with Crippen molar-refractivity contribution in [1.82, 2.24) is 4.57 Å². The summed E-state index contributed by atoms with van der Waals surface area (Å²) < 4.78 is 9.27. The molecule has 0 atom stereocenters. The molecule has 9 aromatic rings. The van der Waals surface area contributed by atoms with E-state index in [2.05, 4.69) is 172 Å². The molecule has 0 aliphatic heterocycles. The minimum atomic E-state index is -0.0736. The smallest absolute Gasteiger partial charge is 0.143 e. The fraction of sp³-hybridized carbons (Fsp3) is 0.125. The second-order valence-electron chi connectivity index (χ2n) is 15.3. The molecule has 2 aliphatic rings. The maximum absolute atomic E-state index is 6.83. The molecule has 0 spiro atoms. The lowest BCUT2D eigenvalue weighted by molar-refractivity contribution is 0.653. The summed E-state index contributed by atoms with van der Waals surface area (Å²) in [6.45, 7) is 9.38. The van der Waals surface area contributed by atoms with E-state index in [0.717, 1.165) is 11.2 Å². The highest BCUT2D eigenvalue weighted by Gasteiger charge is 2.38. The van der Waals surface area contributed by atoms with E-state index in [1.807, 2.05) is 0 Å². The fourth-order valence-corrected chi connectivity index (χ4v) is 9.55. The van der Waals surface area contributed by atoms with E-state index in [-0.39, 0.29) is 10.8 Å². The van der Waals surface area contributed by atoms with Gasteiger partial charge in [-0.15, -0.1) is 0 Å². The first-order valence-electron chi connectivity index (χ1n) is 17.7. The third kappa shape index (κ3) is 3.43. The first kappa shape index (κ1) is 28.0. The highest BCUT2D eigenvalue weighted by Crippen LogP contribution is 2.54. The van der Waals surface area contributed by atoms with Gasteiger partial charge in [-0.1, -0.05) is 125 Å². The van der Waals surface area contributed by atoms with E-state index in [1.54, 1.807) is 0 Å². The van der Waals surface area contributed by atoms with Crippen molar-refractivity contribution in [2.24, 2.45) is 0 Å². The van der Waals surface area contributed by atoms with Gasteiger partial charge in [-0.25, -0.2) is 0 Å². The van der Waals surface area contributed by atoms with Crippen molar-refractivity contribution in [3.63, 3.8) is 0 Å². The normalized spacial score (nSPS) is 15.1. The van der Waals surface area contributed by atoms with E-state index < -0.39 is 0 Å². The third-order valence-corrected chi connectivity index (χ3v) is 12.0. The van der Waals surface area contributed by atoms with Gasteiger partial charge < -0.3 is 8.98 Å². The second kappa shape index (κ2) is 9.43. The number of hydrogen-bond donors (Lipinski definition) is 0. The van der Waals surface area contributed by atoms with Gasteiger partial charge in [0.2, 0.25) is 0 Å². The molecule has 0 fully saturated rings. The summed E-state index contributed by atoms with van der Waals surface area (Å²) in [6.07, 6.45) is 0. The summed E-state index contributed by atoms with van der Waals surface area (Å²) >= 11 is 0. The zero-order valence-corrected chi connectivity index (χ0v) is 28.6. The number of nitrogens with zero attached hydrogens (tertiary/aromatic N) is 1. The number of benzene rings is 7. The number of rotatable bonds is 2. The third-order valence-electron chi connectivity index (χ3n) is 12.0. The molecule has 0 bridgehead atoms. The first-order chi connectivity index (χ1) is 24.3. The molecule has 2 nitrogen and oxygen atoms in total. The van der Waals surface area contributed by atoms with E-state index in [9.17, 15) is 0 Å². The van der Waals surface area contributed by atoms with Crippen LogP contribution in [0.4, 0.5) is 0 Å². The van der Waals surface area contributed by atoms with E-state index in [1.165, 1.54) is 93.9 Å². The van der Waals surface area contributed by atoms with E-state index >= 15 is 0 Å². The SMILES string of the molecule is CC1(C)c2ccccc2-c2cc3c4cc(-c5cccc6oc7c8c(ccc7c56)C(C)(C)c5ccccc5-8)ccc4n(-c4ccccc4)c3cc21. The zero-order chi connectivity index (χ0) is 33.5. The van der Waals surface area contributed by atoms with Gasteiger partial charge in [-0.3, -0.25) is 0 Å². The Bertz CT molecular complexity index is 2910. The lowest BCUT2D eigenvalue weighted by atomic mass is 9.82. The highest BCUT2D eigenvalue weighted by molar-refractivity contribution is 6.18. The Kier molecular flexibility index (Phi) is 5.28. The number of para-hydroxylation sites is 1. The summed E-state index contributed by atoms with van der Waals surface area (Å²) in [5.74, 6) is 0. The fourth-order valence-electron chi connectivity index (χ4n) is 9.55. The molecule has 11 rings (SSSR count). The van der Waals surface area contributed by atoms with Crippen molar-refractivity contribution in [2.75, 3.05) is 0 Å². The summed E-state index contributed by atoms with van der Waals surface area (Å²) in [7, 11) is 0. The van der Waals surface area contributed by atoms with Crippen LogP contribution in [0.3, 0.4) is 0 Å². The Morgan fingerprint density at radius 2 is 1.14 bits per heavy atom. The van der Waals surface area contributed by atoms with Crippen LogP contribution in [0.15, 0.2) is 144 Å². The molecule has 0 radical (unpaired) electrons. The largest absolute Gasteiger partial charge is 0.455 e. The van der Waals surface area contributed by atoms with Crippen LogP contribution in [0.2, 0.25) is 0 Å². The summed E-state index contributed by atoms with van der Waals surface area (Å²) in [6, 6.07) is 51.6. The predicted octanol–water partition coefficient (Wildman–Crippen LogP) is 13.0. The lowest BCUT2D eigenvalue weighted by Crippen LogP contribution is -2.14. The summed E-state index contributed by atoms with van der Waals surface area (Å²) in [5, 5.41) is 4.88. The van der Waals surface area contributed by atoms with Crippen LogP contribution in [0, 0.1) is 0 Å². The molecular formula is C48H35NO. The van der Waals surface area contributed by atoms with Gasteiger partial charge >= 0.3 is 0 Å². The van der Waals surface area contributed by atoms with Crippen molar-refractivity contribution in [2.45, 2.75) is 38.5 Å². The molecule has 238 valence electrons. The topological polar surface area (TPSA) is 18.1 Å². The Morgan fingerprint density at radius 3 is 1.96 bits per heavy atom. The molecule has 2 aliphatic carbocycles. The summed E-state index contributed by atoms with van der Waals surface area (Å²) in [5.41, 5.74) is 18.5. The van der Waals surface area contributed by atoms with Crippen molar-refractivity contribution < 1.29 is 4.42 Å². The van der Waals surface area contributed by atoms with Crippen LogP contribution < -0.4 is 0 Å². The Morgan fingerprint density at radius 1 is 0.460 bits per heavy atom. The molecule has 50 heavy (non-hydrogen) atoms. The zero-order valence-electron chi connectivity index (χ0n) is 28.6. The van der Waals surface area contributed by atoms with Gasteiger partial charge in [0.15, 0.2) is 0 Å². The monoisotopic (exact) mass is 641 g/mol. The van der Waals surface area contributed by atoms with Crippen LogP contribution in [-0.2, 0) is 10.8 Å². The molecule has 2 heteroatoms. The molecular weight excluding hydrogens is 607 g/mol. The van der Waals surface area contributed by atoms with Gasteiger partial charge in [0.1, 0.15) is 11.2 Å². The lowest BCUT2D eigenvalue weighted by Gasteiger charge is -2.21. The van der Waals surface area contributed by atoms with Crippen LogP contribution >= 0.6 is 0 Å². The average Bonchev–Trinajstić information content (AvgIpc) is 3.82. The van der Waals surface area contributed by atoms with Crippen molar-refractivity contribution in [1.29, 1.82) is 0 Å². The first-order valence-corrected chi connectivity index (χ1v) is 17.7. The van der Waals surface area contributed by atoms with Crippen molar-refractivity contribution in [3.05, 3.63) is 162 Å². The number of hydrogen-bond acceptors (Lipinski definition) is 1. The van der Waals surface area contributed by atoms with Crippen LogP contribution in [0.25, 0.3) is 82.8 Å². The molecule has 0 saturated heterocycles. The van der Waals surface area contributed by atoms with Crippen LogP contribution in [0.5, 0.6) is 0 Å². The molecule has 2 heterocycles. The molecule has 2 aromatic heterocycles. The summed E-state index contributed by atoms with van der Waals surface area (Å²) in [4.78, 5) is 0. The van der Waals surface area contributed by atoms with Crippen molar-refractivity contribution in [3.8, 4) is 39.1 Å². The number of aromatic nitrogens is 1. The van der Waals surface area contributed by atoms with Crippen LogP contribution in [-0.4, -0.2) is 4.57 Å². The molecule has 0 N–H and O–H groups in total. The quantitative estimate of drug-likeness (QED) is 0.184. The van der Waals surface area contributed by atoms with Gasteiger partial charge in [0.25, 0.3) is 0 Å². The van der Waals surface area contributed by atoms with Crippen molar-refractivity contribution >= 4 is 43.7 Å². The van der Waals surface area contributed by atoms with Gasteiger partial charge in [0.05, 0.1) is 11.0 Å². The van der Waals surface area contributed by atoms with E-state index in [0.29, 0.717) is 0 Å². The molecule has 0 amide bonds. The highest BCUT2D eigenvalue weighted by atomic mass is 16.3. The maximum Gasteiger partial charge on any atom is 0.143 e. The number of fused-ring (bicyclic) bond motifs is 13. The average molecular weight is 642 g/mol. The Balaban J connectivity index is 1.19. The van der Waals surface area contributed by atoms with Crippen LogP contribution in [0.1, 0.15) is 49.9 Å². The number of furan rings is 1. The molecule has 0 saturated carbocycles. The Labute approximate surface area is 291 Å². The van der Waals surface area contributed by atoms with Gasteiger partial charge in [-0.05, 0) is 92.5 Å². The minimum absolute atomic E-state index is 0.0723. The molecule has 7 aromatic carbocycles. The second-order valence-corrected chi connectivity index (χ2v) is 15.3. The maximum atomic E-state index is 6.83. The standard InChI is InChI=1S/C48H35NO/c1-47(2)38-19-11-9-16-32(38)45-39(47)23-22-33-44-30(17-12-20-43(44)50-46(33)45)28-21-24-41-35(25-28)36-26-34-31-15-8-10-18-37(31)48(3,4)40(34)27-42(36)49(41)29-13-6-5-7-14-29/h5-27H,1-4H3. The predicted molar refractivity (Wildman–Crippen MR) is 209 cm³/mol. The van der Waals surface area contributed by atoms with E-state index in [4.69, 9.17) is 4.42 Å².